The highest BCUT2D eigenvalue weighted by Crippen LogP contribution is 2.29. The van der Waals surface area contributed by atoms with Gasteiger partial charge in [0.15, 0.2) is 0 Å². The van der Waals surface area contributed by atoms with Crippen molar-refractivity contribution in [2.75, 3.05) is 19.6 Å². The molecule has 3 heterocycles. The van der Waals surface area contributed by atoms with Crippen LogP contribution in [-0.2, 0) is 0 Å². The fourth-order valence-electron chi connectivity index (χ4n) is 2.95. The molecular formula is C13H19N3O. The summed E-state index contributed by atoms with van der Waals surface area (Å²) in [5.41, 5.74) is 0.920. The van der Waals surface area contributed by atoms with Gasteiger partial charge in [-0.1, -0.05) is 0 Å². The molecule has 0 radical (unpaired) electrons. The molecule has 0 N–H and O–H groups in total. The van der Waals surface area contributed by atoms with Gasteiger partial charge in [0.05, 0.1) is 11.9 Å². The number of hydrogen-bond donors (Lipinski definition) is 0. The van der Waals surface area contributed by atoms with E-state index in [1.54, 1.807) is 12.4 Å². The van der Waals surface area contributed by atoms with Crippen LogP contribution in [0.3, 0.4) is 0 Å². The van der Waals surface area contributed by atoms with Crippen molar-refractivity contribution in [2.45, 2.75) is 32.3 Å². The highest BCUT2D eigenvalue weighted by Gasteiger charge is 2.33. The molecule has 3 rings (SSSR count). The van der Waals surface area contributed by atoms with Gasteiger partial charge in [0, 0.05) is 25.2 Å². The normalized spacial score (nSPS) is 32.2. The van der Waals surface area contributed by atoms with E-state index < -0.39 is 0 Å². The highest BCUT2D eigenvalue weighted by atomic mass is 16.5. The van der Waals surface area contributed by atoms with E-state index in [9.17, 15) is 0 Å². The maximum Gasteiger partial charge on any atom is 0.232 e. The number of fused-ring (bicyclic) bond motifs is 2. The number of aryl methyl sites for hydroxylation is 1. The second kappa shape index (κ2) is 4.61. The molecule has 2 fully saturated rings. The van der Waals surface area contributed by atoms with Gasteiger partial charge < -0.3 is 9.64 Å². The number of nitrogens with zero attached hydrogens (tertiary/aromatic N) is 3. The first kappa shape index (κ1) is 11.0. The van der Waals surface area contributed by atoms with Crippen LogP contribution in [0.4, 0.5) is 0 Å². The summed E-state index contributed by atoms with van der Waals surface area (Å²) in [6, 6.07) is 0. The largest absolute Gasteiger partial charge is 0.473 e. The van der Waals surface area contributed by atoms with Crippen molar-refractivity contribution in [2.24, 2.45) is 5.92 Å². The summed E-state index contributed by atoms with van der Waals surface area (Å²) in [6.45, 7) is 5.58. The average Bonchev–Trinajstić information content (AvgIpc) is 2.34. The van der Waals surface area contributed by atoms with Gasteiger partial charge in [0.25, 0.3) is 0 Å². The zero-order chi connectivity index (χ0) is 11.7. The third kappa shape index (κ3) is 2.41. The van der Waals surface area contributed by atoms with Gasteiger partial charge >= 0.3 is 0 Å². The summed E-state index contributed by atoms with van der Waals surface area (Å²) in [4.78, 5) is 11.1. The molecule has 0 aromatic carbocycles. The molecule has 2 aliphatic rings. The molecule has 0 spiro atoms. The molecule has 1 aromatic heterocycles. The van der Waals surface area contributed by atoms with Crippen molar-refractivity contribution in [3.63, 3.8) is 0 Å². The Balaban J connectivity index is 1.68. The molecule has 0 amide bonds. The van der Waals surface area contributed by atoms with Gasteiger partial charge in [-0.2, -0.15) is 0 Å². The van der Waals surface area contributed by atoms with Crippen molar-refractivity contribution in [3.05, 3.63) is 18.1 Å². The van der Waals surface area contributed by atoms with Crippen LogP contribution in [0.25, 0.3) is 0 Å². The van der Waals surface area contributed by atoms with E-state index in [2.05, 4.69) is 14.9 Å². The van der Waals surface area contributed by atoms with E-state index >= 15 is 0 Å². The van der Waals surface area contributed by atoms with E-state index in [0.717, 1.165) is 12.1 Å². The Morgan fingerprint density at radius 1 is 1.29 bits per heavy atom. The number of piperidine rings is 2. The Morgan fingerprint density at radius 2 is 2.24 bits per heavy atom. The van der Waals surface area contributed by atoms with Gasteiger partial charge in [-0.3, -0.25) is 4.98 Å². The quantitative estimate of drug-likeness (QED) is 0.778. The summed E-state index contributed by atoms with van der Waals surface area (Å²) in [6.07, 6.45) is 7.55. The minimum Gasteiger partial charge on any atom is -0.473 e. The standard InChI is InChI=1S/C13H19N3O/c1-10-7-14-8-13(15-10)17-12-4-6-16-5-2-3-11(12)9-16/h7-8,11-12H,2-6,9H2,1H3. The molecule has 17 heavy (non-hydrogen) atoms. The van der Waals surface area contributed by atoms with Crippen molar-refractivity contribution < 1.29 is 4.74 Å². The molecule has 2 bridgehead atoms. The van der Waals surface area contributed by atoms with Crippen molar-refractivity contribution in [1.29, 1.82) is 0 Å². The van der Waals surface area contributed by atoms with Gasteiger partial charge in [-0.25, -0.2) is 4.98 Å². The van der Waals surface area contributed by atoms with E-state index in [4.69, 9.17) is 4.74 Å². The first-order valence-electron chi connectivity index (χ1n) is 6.49. The molecule has 3 atom stereocenters. The number of rotatable bonds is 2. The molecule has 2 saturated heterocycles. The molecule has 0 saturated carbocycles. The maximum absolute atomic E-state index is 6.02. The summed E-state index contributed by atoms with van der Waals surface area (Å²) >= 11 is 0. The SMILES string of the molecule is Cc1cncc(OC2CCN3CCCC2C3)n1. The van der Waals surface area contributed by atoms with E-state index in [-0.39, 0.29) is 0 Å². The van der Waals surface area contributed by atoms with Gasteiger partial charge in [-0.15, -0.1) is 0 Å². The zero-order valence-electron chi connectivity index (χ0n) is 10.3. The van der Waals surface area contributed by atoms with E-state index in [1.807, 2.05) is 6.92 Å². The zero-order valence-corrected chi connectivity index (χ0v) is 10.3. The molecule has 4 heteroatoms. The maximum atomic E-state index is 6.02. The molecule has 4 nitrogen and oxygen atoms in total. The first-order chi connectivity index (χ1) is 8.31. The third-order valence-corrected chi connectivity index (χ3v) is 3.80. The smallest absolute Gasteiger partial charge is 0.232 e. The average molecular weight is 233 g/mol. The predicted octanol–water partition coefficient (Wildman–Crippen LogP) is 1.65. The summed E-state index contributed by atoms with van der Waals surface area (Å²) < 4.78 is 6.02. The minimum absolute atomic E-state index is 0.336. The van der Waals surface area contributed by atoms with Crippen molar-refractivity contribution in [3.8, 4) is 5.88 Å². The van der Waals surface area contributed by atoms with Crippen LogP contribution in [0.2, 0.25) is 0 Å². The van der Waals surface area contributed by atoms with Crippen LogP contribution >= 0.6 is 0 Å². The summed E-state index contributed by atoms with van der Waals surface area (Å²) in [5.74, 6) is 1.37. The van der Waals surface area contributed by atoms with Crippen LogP contribution in [0.5, 0.6) is 5.88 Å². The lowest BCUT2D eigenvalue weighted by Crippen LogP contribution is -2.49. The highest BCUT2D eigenvalue weighted by molar-refractivity contribution is 5.08. The Kier molecular flexibility index (Phi) is 2.97. The van der Waals surface area contributed by atoms with Crippen LogP contribution in [0.15, 0.2) is 12.4 Å². The Morgan fingerprint density at radius 3 is 3.12 bits per heavy atom. The van der Waals surface area contributed by atoms with Crippen LogP contribution < -0.4 is 4.74 Å². The Hall–Kier alpha value is -1.16. The minimum atomic E-state index is 0.336. The lowest BCUT2D eigenvalue weighted by molar-refractivity contribution is 0.0125. The van der Waals surface area contributed by atoms with Gasteiger partial charge in [-0.05, 0) is 32.7 Å². The van der Waals surface area contributed by atoms with Gasteiger partial charge in [0.2, 0.25) is 5.88 Å². The van der Waals surface area contributed by atoms with Crippen molar-refractivity contribution >= 4 is 0 Å². The van der Waals surface area contributed by atoms with Crippen LogP contribution in [-0.4, -0.2) is 40.6 Å². The first-order valence-corrected chi connectivity index (χ1v) is 6.49. The molecular weight excluding hydrogens is 214 g/mol. The lowest BCUT2D eigenvalue weighted by atomic mass is 9.87. The Bertz CT molecular complexity index is 396. The fourth-order valence-corrected chi connectivity index (χ4v) is 2.95. The lowest BCUT2D eigenvalue weighted by Gasteiger charge is -2.42. The van der Waals surface area contributed by atoms with E-state index in [1.165, 1.54) is 32.5 Å². The van der Waals surface area contributed by atoms with Crippen LogP contribution in [0, 0.1) is 12.8 Å². The molecule has 2 aliphatic heterocycles. The fraction of sp³-hybridized carbons (Fsp3) is 0.692. The number of hydrogen-bond acceptors (Lipinski definition) is 4. The third-order valence-electron chi connectivity index (χ3n) is 3.80. The van der Waals surface area contributed by atoms with Crippen molar-refractivity contribution in [1.82, 2.24) is 14.9 Å². The van der Waals surface area contributed by atoms with Crippen LogP contribution in [0.1, 0.15) is 25.0 Å². The van der Waals surface area contributed by atoms with Gasteiger partial charge in [0.1, 0.15) is 6.10 Å². The number of ether oxygens (including phenoxy) is 1. The molecule has 1 aromatic rings. The topological polar surface area (TPSA) is 38.2 Å². The molecule has 0 aliphatic carbocycles. The second-order valence-corrected chi connectivity index (χ2v) is 5.15. The second-order valence-electron chi connectivity index (χ2n) is 5.15. The molecule has 92 valence electrons. The Labute approximate surface area is 102 Å². The summed E-state index contributed by atoms with van der Waals surface area (Å²) in [5, 5.41) is 0. The monoisotopic (exact) mass is 233 g/mol. The number of aromatic nitrogens is 2. The predicted molar refractivity (Wildman–Crippen MR) is 65.0 cm³/mol. The van der Waals surface area contributed by atoms with E-state index in [0.29, 0.717) is 17.9 Å². The molecule has 3 unspecified atom stereocenters. The summed E-state index contributed by atoms with van der Waals surface area (Å²) in [7, 11) is 0.